The van der Waals surface area contributed by atoms with Crippen molar-refractivity contribution in [3.8, 4) is 5.69 Å². The maximum Gasteiger partial charge on any atom is 0.267 e. The number of likely N-dealkylation sites (tertiary alicyclic amines) is 1. The van der Waals surface area contributed by atoms with Crippen LogP contribution in [0.15, 0.2) is 64.5 Å². The highest BCUT2D eigenvalue weighted by molar-refractivity contribution is 8.00. The van der Waals surface area contributed by atoms with Gasteiger partial charge >= 0.3 is 0 Å². The van der Waals surface area contributed by atoms with Gasteiger partial charge in [-0.15, -0.1) is 11.3 Å². The molecule has 9 heteroatoms. The van der Waals surface area contributed by atoms with Gasteiger partial charge in [-0.3, -0.25) is 23.9 Å². The molecular formula is C27H24ClN3O3S2. The third kappa shape index (κ3) is 4.61. The highest BCUT2D eigenvalue weighted by Crippen LogP contribution is 2.34. The minimum atomic E-state index is -0.537. The Morgan fingerprint density at radius 2 is 1.78 bits per heavy atom. The van der Waals surface area contributed by atoms with Crippen molar-refractivity contribution in [1.29, 1.82) is 0 Å². The molecule has 0 aliphatic carbocycles. The van der Waals surface area contributed by atoms with Gasteiger partial charge in [0.05, 0.1) is 16.3 Å². The van der Waals surface area contributed by atoms with Crippen LogP contribution in [0.2, 0.25) is 5.02 Å². The molecule has 0 spiro atoms. The third-order valence-electron chi connectivity index (χ3n) is 6.41. The molecule has 2 amide bonds. The minimum absolute atomic E-state index is 0.147. The Hall–Kier alpha value is -2.94. The summed E-state index contributed by atoms with van der Waals surface area (Å²) in [6, 6.07) is 15.9. The molecule has 1 fully saturated rings. The predicted molar refractivity (Wildman–Crippen MR) is 146 cm³/mol. The number of hydrogen-bond donors (Lipinski definition) is 0. The summed E-state index contributed by atoms with van der Waals surface area (Å²) in [5, 5.41) is 1.06. The highest BCUT2D eigenvalue weighted by Gasteiger charge is 2.33. The van der Waals surface area contributed by atoms with Gasteiger partial charge in [-0.05, 0) is 68.7 Å². The second kappa shape index (κ2) is 10.2. The van der Waals surface area contributed by atoms with E-state index in [2.05, 4.69) is 0 Å². The van der Waals surface area contributed by atoms with E-state index in [1.54, 1.807) is 28.8 Å². The van der Waals surface area contributed by atoms with Gasteiger partial charge in [0.1, 0.15) is 4.83 Å². The number of nitrogens with zero attached hydrogens (tertiary/aromatic N) is 3. The average molecular weight is 538 g/mol. The Balaban J connectivity index is 1.55. The number of rotatable bonds is 4. The quantitative estimate of drug-likeness (QED) is 0.235. The molecule has 184 valence electrons. The van der Waals surface area contributed by atoms with Crippen molar-refractivity contribution < 1.29 is 9.59 Å². The van der Waals surface area contributed by atoms with Crippen LogP contribution in [0.4, 0.5) is 0 Å². The molecule has 2 aromatic heterocycles. The number of halogens is 1. The van der Waals surface area contributed by atoms with Crippen molar-refractivity contribution in [3.63, 3.8) is 0 Å². The second-order valence-electron chi connectivity index (χ2n) is 8.74. The fourth-order valence-electron chi connectivity index (χ4n) is 4.35. The van der Waals surface area contributed by atoms with Crippen molar-refractivity contribution >= 4 is 56.7 Å². The van der Waals surface area contributed by atoms with E-state index in [4.69, 9.17) is 16.6 Å². The molecule has 36 heavy (non-hydrogen) atoms. The van der Waals surface area contributed by atoms with E-state index in [-0.39, 0.29) is 17.4 Å². The molecule has 1 aliphatic heterocycles. The van der Waals surface area contributed by atoms with Gasteiger partial charge in [-0.25, -0.2) is 4.98 Å². The van der Waals surface area contributed by atoms with E-state index >= 15 is 0 Å². The number of imide groups is 1. The van der Waals surface area contributed by atoms with Crippen LogP contribution in [-0.2, 0) is 4.79 Å². The second-order valence-corrected chi connectivity index (χ2v) is 11.5. The fraction of sp³-hybridized carbons (Fsp3) is 0.259. The Morgan fingerprint density at radius 1 is 1.06 bits per heavy atom. The summed E-state index contributed by atoms with van der Waals surface area (Å²) >= 11 is 8.72. The predicted octanol–water partition coefficient (Wildman–Crippen LogP) is 6.03. The van der Waals surface area contributed by atoms with Crippen LogP contribution < -0.4 is 5.56 Å². The monoisotopic (exact) mass is 537 g/mol. The van der Waals surface area contributed by atoms with Crippen molar-refractivity contribution in [2.75, 3.05) is 6.54 Å². The van der Waals surface area contributed by atoms with Crippen molar-refractivity contribution in [3.05, 3.63) is 86.0 Å². The zero-order chi connectivity index (χ0) is 25.4. The standard InChI is InChI=1S/C27H24ClN3O3S2/c1-16-17(2)35-23-22(16)26(34)31(20-8-4-3-5-9-20)27(29-23)36-21-10-6-7-15-30(25(21)33)24(32)18-11-13-19(28)14-12-18/h3-5,8-9,11-14,21H,6-7,10,15H2,1-2H3/t21-/m0/s1. The first-order valence-electron chi connectivity index (χ1n) is 11.7. The molecule has 0 radical (unpaired) electrons. The summed E-state index contributed by atoms with van der Waals surface area (Å²) in [5.41, 5.74) is 1.89. The molecule has 3 heterocycles. The summed E-state index contributed by atoms with van der Waals surface area (Å²) < 4.78 is 1.59. The van der Waals surface area contributed by atoms with E-state index in [0.717, 1.165) is 23.3 Å². The zero-order valence-electron chi connectivity index (χ0n) is 19.9. The summed E-state index contributed by atoms with van der Waals surface area (Å²) in [5.74, 6) is -0.595. The van der Waals surface area contributed by atoms with Gasteiger partial charge in [0.25, 0.3) is 11.5 Å². The average Bonchev–Trinajstić information content (AvgIpc) is 3.04. The number of aromatic nitrogens is 2. The van der Waals surface area contributed by atoms with Crippen molar-refractivity contribution in [2.24, 2.45) is 0 Å². The van der Waals surface area contributed by atoms with Crippen LogP contribution in [0.1, 0.15) is 40.1 Å². The van der Waals surface area contributed by atoms with Gasteiger partial charge < -0.3 is 0 Å². The van der Waals surface area contributed by atoms with E-state index < -0.39 is 5.25 Å². The number of thioether (sulfide) groups is 1. The SMILES string of the molecule is Cc1sc2nc(S[C@H]3CCCCN(C(=O)c4ccc(Cl)cc4)C3=O)n(-c3ccccc3)c(=O)c2c1C. The normalized spacial score (nSPS) is 16.4. The Bertz CT molecular complexity index is 1510. The Morgan fingerprint density at radius 3 is 2.50 bits per heavy atom. The lowest BCUT2D eigenvalue weighted by Gasteiger charge is -2.23. The number of benzene rings is 2. The van der Waals surface area contributed by atoms with Gasteiger partial charge in [-0.2, -0.15) is 0 Å². The lowest BCUT2D eigenvalue weighted by atomic mass is 10.2. The number of amides is 2. The lowest BCUT2D eigenvalue weighted by molar-refractivity contribution is -0.127. The van der Waals surface area contributed by atoms with E-state index in [9.17, 15) is 14.4 Å². The summed E-state index contributed by atoms with van der Waals surface area (Å²) in [7, 11) is 0. The number of carbonyl (C=O) groups excluding carboxylic acids is 2. The smallest absolute Gasteiger partial charge is 0.267 e. The minimum Gasteiger partial charge on any atom is -0.278 e. The molecule has 1 atom stereocenters. The number of para-hydroxylation sites is 1. The lowest BCUT2D eigenvalue weighted by Crippen LogP contribution is -2.41. The molecule has 5 rings (SSSR count). The van der Waals surface area contributed by atoms with E-state index in [1.807, 2.05) is 44.2 Å². The molecule has 0 bridgehead atoms. The number of aryl methyl sites for hydroxylation is 2. The maximum absolute atomic E-state index is 13.7. The van der Waals surface area contributed by atoms with Crippen LogP contribution in [-0.4, -0.2) is 38.1 Å². The van der Waals surface area contributed by atoms with Gasteiger partial charge in [-0.1, -0.05) is 48.0 Å². The summed E-state index contributed by atoms with van der Waals surface area (Å²) in [4.78, 5) is 48.5. The largest absolute Gasteiger partial charge is 0.278 e. The van der Waals surface area contributed by atoms with Crippen LogP contribution in [0, 0.1) is 13.8 Å². The van der Waals surface area contributed by atoms with E-state index in [0.29, 0.717) is 44.6 Å². The van der Waals surface area contributed by atoms with Crippen molar-refractivity contribution in [2.45, 2.75) is 43.5 Å². The zero-order valence-corrected chi connectivity index (χ0v) is 22.3. The molecule has 2 aromatic carbocycles. The first kappa shape index (κ1) is 24.7. The number of carbonyl (C=O) groups is 2. The summed E-state index contributed by atoms with van der Waals surface area (Å²) in [6.07, 6.45) is 2.12. The molecule has 0 N–H and O–H groups in total. The van der Waals surface area contributed by atoms with Gasteiger partial charge in [0.2, 0.25) is 5.91 Å². The first-order chi connectivity index (χ1) is 17.3. The Labute approximate surface area is 221 Å². The maximum atomic E-state index is 13.7. The van der Waals surface area contributed by atoms with Crippen LogP contribution in [0.25, 0.3) is 15.9 Å². The van der Waals surface area contributed by atoms with Gasteiger partial charge in [0.15, 0.2) is 5.16 Å². The summed E-state index contributed by atoms with van der Waals surface area (Å²) in [6.45, 7) is 4.28. The number of fused-ring (bicyclic) bond motifs is 1. The molecule has 1 saturated heterocycles. The van der Waals surface area contributed by atoms with Crippen LogP contribution >= 0.6 is 34.7 Å². The van der Waals surface area contributed by atoms with Gasteiger partial charge in [0, 0.05) is 22.0 Å². The molecule has 4 aromatic rings. The van der Waals surface area contributed by atoms with Crippen molar-refractivity contribution in [1.82, 2.24) is 14.5 Å². The van der Waals surface area contributed by atoms with Crippen LogP contribution in [0.5, 0.6) is 0 Å². The van der Waals surface area contributed by atoms with E-state index in [1.165, 1.54) is 28.0 Å². The Kier molecular flexibility index (Phi) is 7.01. The molecular weight excluding hydrogens is 514 g/mol. The first-order valence-corrected chi connectivity index (χ1v) is 13.8. The molecule has 0 unspecified atom stereocenters. The fourth-order valence-corrected chi connectivity index (χ4v) is 6.76. The molecule has 0 saturated carbocycles. The number of hydrogen-bond acceptors (Lipinski definition) is 6. The highest BCUT2D eigenvalue weighted by atomic mass is 35.5. The third-order valence-corrected chi connectivity index (χ3v) is 8.97. The molecule has 6 nitrogen and oxygen atoms in total. The molecule has 1 aliphatic rings. The topological polar surface area (TPSA) is 72.3 Å². The van der Waals surface area contributed by atoms with Crippen LogP contribution in [0.3, 0.4) is 0 Å². The number of thiophene rings is 1.